The number of amides is 2. The van der Waals surface area contributed by atoms with Gasteiger partial charge in [-0.1, -0.05) is 17.7 Å². The molecule has 0 unspecified atom stereocenters. The molecule has 0 saturated carbocycles. The summed E-state index contributed by atoms with van der Waals surface area (Å²) in [5, 5.41) is 2.51. The number of benzene rings is 2. The van der Waals surface area contributed by atoms with Crippen LogP contribution in [-0.2, 0) is 4.79 Å². The first kappa shape index (κ1) is 18.0. The number of aryl methyl sites for hydroxylation is 1. The summed E-state index contributed by atoms with van der Waals surface area (Å²) in [7, 11) is 0. The van der Waals surface area contributed by atoms with E-state index >= 15 is 0 Å². The second kappa shape index (κ2) is 7.64. The van der Waals surface area contributed by atoms with E-state index in [9.17, 15) is 18.4 Å². The van der Waals surface area contributed by atoms with Crippen LogP contribution >= 0.6 is 0 Å². The first-order valence-corrected chi connectivity index (χ1v) is 8.56. The first-order chi connectivity index (χ1) is 12.4. The molecule has 1 N–H and O–H groups in total. The Morgan fingerprint density at radius 1 is 1.04 bits per heavy atom. The van der Waals surface area contributed by atoms with Crippen LogP contribution in [0.25, 0.3) is 0 Å². The minimum atomic E-state index is -0.801. The molecular formula is C20H20F2N2O2. The van der Waals surface area contributed by atoms with Crippen LogP contribution in [0.3, 0.4) is 0 Å². The average molecular weight is 358 g/mol. The highest BCUT2D eigenvalue weighted by Gasteiger charge is 2.28. The number of halogens is 2. The average Bonchev–Trinajstić information content (AvgIpc) is 2.64. The van der Waals surface area contributed by atoms with Crippen molar-refractivity contribution in [1.82, 2.24) is 4.90 Å². The molecular weight excluding hydrogens is 338 g/mol. The van der Waals surface area contributed by atoms with Gasteiger partial charge in [-0.15, -0.1) is 0 Å². The summed E-state index contributed by atoms with van der Waals surface area (Å²) in [5.41, 5.74) is 1.69. The Morgan fingerprint density at radius 3 is 2.31 bits per heavy atom. The lowest BCUT2D eigenvalue weighted by Crippen LogP contribution is -2.41. The van der Waals surface area contributed by atoms with Gasteiger partial charge in [0.25, 0.3) is 5.91 Å². The molecule has 0 aliphatic carbocycles. The SMILES string of the molecule is Cc1ccc(C(=O)N2CCC(C(=O)Nc3ccc(F)cc3F)CC2)cc1. The van der Waals surface area contributed by atoms with Crippen molar-refractivity contribution in [3.63, 3.8) is 0 Å². The van der Waals surface area contributed by atoms with Crippen LogP contribution in [-0.4, -0.2) is 29.8 Å². The van der Waals surface area contributed by atoms with Crippen LogP contribution in [0.1, 0.15) is 28.8 Å². The zero-order valence-electron chi connectivity index (χ0n) is 14.5. The van der Waals surface area contributed by atoms with Gasteiger partial charge in [-0.2, -0.15) is 0 Å². The summed E-state index contributed by atoms with van der Waals surface area (Å²) < 4.78 is 26.6. The maximum atomic E-state index is 13.7. The van der Waals surface area contributed by atoms with Crippen molar-refractivity contribution in [3.05, 3.63) is 65.2 Å². The number of nitrogens with zero attached hydrogens (tertiary/aromatic N) is 1. The first-order valence-electron chi connectivity index (χ1n) is 8.56. The molecule has 3 rings (SSSR count). The van der Waals surface area contributed by atoms with Crippen molar-refractivity contribution in [2.45, 2.75) is 19.8 Å². The van der Waals surface area contributed by atoms with E-state index in [1.54, 1.807) is 17.0 Å². The third-order valence-electron chi connectivity index (χ3n) is 4.64. The van der Waals surface area contributed by atoms with Gasteiger partial charge in [0.05, 0.1) is 5.69 Å². The van der Waals surface area contributed by atoms with Crippen LogP contribution in [0.4, 0.5) is 14.5 Å². The number of carbonyl (C=O) groups is 2. The minimum absolute atomic E-state index is 0.0328. The molecule has 6 heteroatoms. The quantitative estimate of drug-likeness (QED) is 0.908. The molecule has 2 aromatic carbocycles. The summed E-state index contributed by atoms with van der Waals surface area (Å²) in [6.07, 6.45) is 1.01. The fourth-order valence-electron chi connectivity index (χ4n) is 3.05. The Labute approximate surface area is 150 Å². The molecule has 2 aromatic rings. The predicted molar refractivity (Wildman–Crippen MR) is 94.8 cm³/mol. The molecule has 2 amide bonds. The van der Waals surface area contributed by atoms with Gasteiger partial charge >= 0.3 is 0 Å². The van der Waals surface area contributed by atoms with Gasteiger partial charge in [-0.05, 0) is 44.0 Å². The second-order valence-electron chi connectivity index (χ2n) is 6.55. The molecule has 1 fully saturated rings. The molecule has 136 valence electrons. The lowest BCUT2D eigenvalue weighted by molar-refractivity contribution is -0.121. The van der Waals surface area contributed by atoms with E-state index in [0.717, 1.165) is 17.7 Å². The van der Waals surface area contributed by atoms with E-state index in [-0.39, 0.29) is 23.4 Å². The molecule has 1 saturated heterocycles. The maximum Gasteiger partial charge on any atom is 0.253 e. The molecule has 0 bridgehead atoms. The van der Waals surface area contributed by atoms with Crippen molar-refractivity contribution in [3.8, 4) is 0 Å². The number of hydrogen-bond donors (Lipinski definition) is 1. The molecule has 0 atom stereocenters. The summed E-state index contributed by atoms with van der Waals surface area (Å²) in [6.45, 7) is 2.90. The van der Waals surface area contributed by atoms with Gasteiger partial charge in [-0.25, -0.2) is 8.78 Å². The number of piperidine rings is 1. The fraction of sp³-hybridized carbons (Fsp3) is 0.300. The number of rotatable bonds is 3. The summed E-state index contributed by atoms with van der Waals surface area (Å²) in [6, 6.07) is 10.4. The maximum absolute atomic E-state index is 13.7. The Hall–Kier alpha value is -2.76. The van der Waals surface area contributed by atoms with Gasteiger partial charge < -0.3 is 10.2 Å². The lowest BCUT2D eigenvalue weighted by atomic mass is 9.95. The summed E-state index contributed by atoms with van der Waals surface area (Å²) in [4.78, 5) is 26.5. The van der Waals surface area contributed by atoms with Crippen LogP contribution < -0.4 is 5.32 Å². The molecule has 1 aliphatic heterocycles. The molecule has 1 heterocycles. The van der Waals surface area contributed by atoms with Crippen molar-refractivity contribution in [2.75, 3.05) is 18.4 Å². The van der Waals surface area contributed by atoms with E-state index in [0.29, 0.717) is 31.5 Å². The van der Waals surface area contributed by atoms with E-state index in [2.05, 4.69) is 5.32 Å². The second-order valence-corrected chi connectivity index (χ2v) is 6.55. The highest BCUT2D eigenvalue weighted by Crippen LogP contribution is 2.22. The van der Waals surface area contributed by atoms with Crippen LogP contribution in [0.2, 0.25) is 0 Å². The molecule has 0 aromatic heterocycles. The van der Waals surface area contributed by atoms with Gasteiger partial charge in [0.1, 0.15) is 11.6 Å². The number of carbonyl (C=O) groups excluding carboxylic acids is 2. The smallest absolute Gasteiger partial charge is 0.253 e. The topological polar surface area (TPSA) is 49.4 Å². The molecule has 0 spiro atoms. The highest BCUT2D eigenvalue weighted by molar-refractivity contribution is 5.95. The minimum Gasteiger partial charge on any atom is -0.339 e. The number of likely N-dealkylation sites (tertiary alicyclic amines) is 1. The summed E-state index contributed by atoms with van der Waals surface area (Å²) in [5.74, 6) is -2.15. The van der Waals surface area contributed by atoms with Gasteiger partial charge in [0.2, 0.25) is 5.91 Å². The standard InChI is InChI=1S/C20H20F2N2O2/c1-13-2-4-15(5-3-13)20(26)24-10-8-14(9-11-24)19(25)23-18-7-6-16(21)12-17(18)22/h2-7,12,14H,8-11H2,1H3,(H,23,25). The molecule has 1 aliphatic rings. The van der Waals surface area contributed by atoms with E-state index in [1.807, 2.05) is 19.1 Å². The number of hydrogen-bond acceptors (Lipinski definition) is 2. The Balaban J connectivity index is 1.56. The van der Waals surface area contributed by atoms with Gasteiger partial charge in [0.15, 0.2) is 0 Å². The lowest BCUT2D eigenvalue weighted by Gasteiger charge is -2.31. The van der Waals surface area contributed by atoms with Crippen LogP contribution in [0, 0.1) is 24.5 Å². The largest absolute Gasteiger partial charge is 0.339 e. The van der Waals surface area contributed by atoms with E-state index < -0.39 is 11.6 Å². The Bertz CT molecular complexity index is 813. The zero-order valence-corrected chi connectivity index (χ0v) is 14.5. The van der Waals surface area contributed by atoms with Crippen molar-refractivity contribution >= 4 is 17.5 Å². The van der Waals surface area contributed by atoms with Gasteiger partial charge in [0, 0.05) is 30.6 Å². The van der Waals surface area contributed by atoms with E-state index in [1.165, 1.54) is 6.07 Å². The highest BCUT2D eigenvalue weighted by atomic mass is 19.1. The Morgan fingerprint density at radius 2 is 1.69 bits per heavy atom. The van der Waals surface area contributed by atoms with Gasteiger partial charge in [-0.3, -0.25) is 9.59 Å². The van der Waals surface area contributed by atoms with Crippen molar-refractivity contribution in [1.29, 1.82) is 0 Å². The zero-order chi connectivity index (χ0) is 18.7. The van der Waals surface area contributed by atoms with Crippen molar-refractivity contribution in [2.24, 2.45) is 5.92 Å². The molecule has 0 radical (unpaired) electrons. The fourth-order valence-corrected chi connectivity index (χ4v) is 3.05. The van der Waals surface area contributed by atoms with Crippen LogP contribution in [0.15, 0.2) is 42.5 Å². The normalized spacial score (nSPS) is 15.0. The number of nitrogens with one attached hydrogen (secondary N) is 1. The summed E-state index contributed by atoms with van der Waals surface area (Å²) >= 11 is 0. The molecule has 4 nitrogen and oxygen atoms in total. The molecule has 26 heavy (non-hydrogen) atoms. The van der Waals surface area contributed by atoms with Crippen molar-refractivity contribution < 1.29 is 18.4 Å². The Kier molecular flexibility index (Phi) is 5.30. The predicted octanol–water partition coefficient (Wildman–Crippen LogP) is 3.76. The monoisotopic (exact) mass is 358 g/mol. The third-order valence-corrected chi connectivity index (χ3v) is 4.64. The van der Waals surface area contributed by atoms with Crippen LogP contribution in [0.5, 0.6) is 0 Å². The number of anilines is 1. The third kappa shape index (κ3) is 4.07. The van der Waals surface area contributed by atoms with E-state index in [4.69, 9.17) is 0 Å².